The lowest BCUT2D eigenvalue weighted by atomic mass is 10.1. The predicted molar refractivity (Wildman–Crippen MR) is 94.3 cm³/mol. The van der Waals surface area contributed by atoms with Crippen molar-refractivity contribution in [2.75, 3.05) is 0 Å². The summed E-state index contributed by atoms with van der Waals surface area (Å²) in [5.41, 5.74) is 3.81. The Morgan fingerprint density at radius 3 is 2.41 bits per heavy atom. The number of nitrogens with one attached hydrogen (secondary N) is 1. The Bertz CT molecular complexity index is 976. The van der Waals surface area contributed by atoms with E-state index in [4.69, 9.17) is 4.42 Å². The van der Waals surface area contributed by atoms with Gasteiger partial charge in [0.05, 0.1) is 18.6 Å². The summed E-state index contributed by atoms with van der Waals surface area (Å²) in [5.74, 6) is -1.01. The summed E-state index contributed by atoms with van der Waals surface area (Å²) in [4.78, 5) is 22.6. The molecule has 0 saturated heterocycles. The fourth-order valence-electron chi connectivity index (χ4n) is 2.34. The second kappa shape index (κ2) is 8.09. The lowest BCUT2D eigenvalue weighted by Crippen LogP contribution is -2.21. The van der Waals surface area contributed by atoms with E-state index in [1.165, 1.54) is 42.6 Å². The maximum absolute atomic E-state index is 12.8. The lowest BCUT2D eigenvalue weighted by molar-refractivity contribution is -0.255. The van der Waals surface area contributed by atoms with Gasteiger partial charge in [-0.1, -0.05) is 36.4 Å². The van der Waals surface area contributed by atoms with Crippen LogP contribution in [-0.2, 0) is 11.2 Å². The van der Waals surface area contributed by atoms with Gasteiger partial charge < -0.3 is 14.3 Å². The second-order valence-electron chi connectivity index (χ2n) is 5.66. The Kier molecular flexibility index (Phi) is 5.41. The highest BCUT2D eigenvalue weighted by atomic mass is 19.1. The van der Waals surface area contributed by atoms with E-state index < -0.39 is 5.97 Å². The maximum atomic E-state index is 12.8. The van der Waals surface area contributed by atoms with Crippen molar-refractivity contribution in [3.05, 3.63) is 83.4 Å². The number of nitrogens with zero attached hydrogens (tertiary/aromatic N) is 1. The predicted octanol–water partition coefficient (Wildman–Crippen LogP) is 2.14. The van der Waals surface area contributed by atoms with Crippen LogP contribution in [0.15, 0.2) is 70.2 Å². The Balaban J connectivity index is 1.57. The molecule has 2 aromatic carbocycles. The molecule has 0 aliphatic heterocycles. The van der Waals surface area contributed by atoms with Gasteiger partial charge in [-0.3, -0.25) is 4.79 Å². The van der Waals surface area contributed by atoms with Crippen molar-refractivity contribution in [3.63, 3.8) is 0 Å². The summed E-state index contributed by atoms with van der Waals surface area (Å²) < 4.78 is 18.4. The number of carbonyl (C=O) groups is 2. The summed E-state index contributed by atoms with van der Waals surface area (Å²) in [5, 5.41) is 14.6. The van der Waals surface area contributed by atoms with Gasteiger partial charge in [0.15, 0.2) is 0 Å². The first-order valence-corrected chi connectivity index (χ1v) is 7.99. The molecule has 3 aromatic rings. The molecule has 0 atom stereocenters. The number of hydrazone groups is 1. The summed E-state index contributed by atoms with van der Waals surface area (Å²) in [6.07, 6.45) is 1.42. The van der Waals surface area contributed by atoms with Crippen molar-refractivity contribution in [2.45, 2.75) is 6.42 Å². The van der Waals surface area contributed by atoms with Crippen LogP contribution in [0.2, 0.25) is 0 Å². The molecular weight excluding hydrogens is 351 g/mol. The normalized spacial score (nSPS) is 10.9. The van der Waals surface area contributed by atoms with Crippen LogP contribution < -0.4 is 10.5 Å². The third-order valence-electron chi connectivity index (χ3n) is 3.69. The average Bonchev–Trinajstić information content (AvgIpc) is 3.12. The van der Waals surface area contributed by atoms with Gasteiger partial charge in [0.1, 0.15) is 17.3 Å². The molecule has 3 rings (SSSR count). The van der Waals surface area contributed by atoms with Crippen molar-refractivity contribution in [2.24, 2.45) is 5.10 Å². The Morgan fingerprint density at radius 2 is 1.74 bits per heavy atom. The van der Waals surface area contributed by atoms with Crippen LogP contribution in [-0.4, -0.2) is 18.1 Å². The Morgan fingerprint density at radius 1 is 1.04 bits per heavy atom. The van der Waals surface area contributed by atoms with Crippen molar-refractivity contribution in [3.8, 4) is 11.3 Å². The van der Waals surface area contributed by atoms with E-state index in [0.717, 1.165) is 0 Å². The summed E-state index contributed by atoms with van der Waals surface area (Å²) in [6.45, 7) is 0. The molecule has 0 fully saturated rings. The van der Waals surface area contributed by atoms with Gasteiger partial charge in [0, 0.05) is 5.56 Å². The standard InChI is InChI=1S/C20H15FN2O4/c21-16-7-1-13(2-8-16)11-19(24)23-22-12-17-9-10-18(27-17)14-3-5-15(6-4-14)20(25)26/h1-10,12H,11H2,(H,23,24)(H,25,26)/p-1/b22-12-. The minimum atomic E-state index is -1.25. The van der Waals surface area contributed by atoms with Gasteiger partial charge >= 0.3 is 0 Å². The van der Waals surface area contributed by atoms with Crippen molar-refractivity contribution in [1.82, 2.24) is 5.43 Å². The van der Waals surface area contributed by atoms with Gasteiger partial charge in [-0.05, 0) is 35.4 Å². The zero-order chi connectivity index (χ0) is 19.2. The third kappa shape index (κ3) is 4.88. The number of hydrogen-bond acceptors (Lipinski definition) is 5. The fraction of sp³-hybridized carbons (Fsp3) is 0.0500. The molecule has 1 N–H and O–H groups in total. The fourth-order valence-corrected chi connectivity index (χ4v) is 2.34. The minimum absolute atomic E-state index is 0.0752. The number of carbonyl (C=O) groups excluding carboxylic acids is 2. The van der Waals surface area contributed by atoms with E-state index >= 15 is 0 Å². The molecule has 7 heteroatoms. The molecule has 0 spiro atoms. The third-order valence-corrected chi connectivity index (χ3v) is 3.69. The van der Waals surface area contributed by atoms with Crippen LogP contribution >= 0.6 is 0 Å². The zero-order valence-electron chi connectivity index (χ0n) is 14.0. The SMILES string of the molecule is O=C(Cc1ccc(F)cc1)N/N=C\c1ccc(-c2ccc(C(=O)[O-])cc2)o1. The average molecular weight is 365 g/mol. The monoisotopic (exact) mass is 365 g/mol. The first-order chi connectivity index (χ1) is 13.0. The molecule has 1 amide bonds. The van der Waals surface area contributed by atoms with Gasteiger partial charge in [-0.15, -0.1) is 0 Å². The number of aromatic carboxylic acids is 1. The number of amides is 1. The molecule has 0 unspecified atom stereocenters. The van der Waals surface area contributed by atoms with E-state index in [2.05, 4.69) is 10.5 Å². The van der Waals surface area contributed by atoms with E-state index in [1.807, 2.05) is 0 Å². The molecule has 0 aliphatic carbocycles. The largest absolute Gasteiger partial charge is 0.545 e. The van der Waals surface area contributed by atoms with Crippen molar-refractivity contribution >= 4 is 18.1 Å². The first kappa shape index (κ1) is 18.1. The van der Waals surface area contributed by atoms with Crippen LogP contribution in [0.5, 0.6) is 0 Å². The number of carboxylic acids is 1. The highest BCUT2D eigenvalue weighted by molar-refractivity contribution is 5.86. The lowest BCUT2D eigenvalue weighted by Gasteiger charge is -2.02. The molecule has 6 nitrogen and oxygen atoms in total. The molecule has 0 radical (unpaired) electrons. The number of furan rings is 1. The molecule has 0 aliphatic rings. The number of halogens is 1. The molecule has 136 valence electrons. The highest BCUT2D eigenvalue weighted by Gasteiger charge is 2.05. The number of rotatable bonds is 6. The smallest absolute Gasteiger partial charge is 0.244 e. The molecule has 1 heterocycles. The van der Waals surface area contributed by atoms with Gasteiger partial charge in [-0.2, -0.15) is 5.10 Å². The van der Waals surface area contributed by atoms with Gasteiger partial charge in [0.25, 0.3) is 0 Å². The molecule has 0 saturated carbocycles. The van der Waals surface area contributed by atoms with Crippen molar-refractivity contribution < 1.29 is 23.5 Å². The quantitative estimate of drug-likeness (QED) is 0.535. The topological polar surface area (TPSA) is 94.7 Å². The van der Waals surface area contributed by atoms with Gasteiger partial charge in [-0.25, -0.2) is 9.82 Å². The molecular formula is C20H14FN2O4-. The minimum Gasteiger partial charge on any atom is -0.545 e. The first-order valence-electron chi connectivity index (χ1n) is 7.99. The Labute approximate surface area is 153 Å². The zero-order valence-corrected chi connectivity index (χ0v) is 14.0. The van der Waals surface area contributed by atoms with Crippen molar-refractivity contribution in [1.29, 1.82) is 0 Å². The second-order valence-corrected chi connectivity index (χ2v) is 5.66. The van der Waals surface area contributed by atoms with Crippen LogP contribution in [0.4, 0.5) is 4.39 Å². The molecule has 0 bridgehead atoms. The van der Waals surface area contributed by atoms with Gasteiger partial charge in [0.2, 0.25) is 5.91 Å². The van der Waals surface area contributed by atoms with E-state index in [-0.39, 0.29) is 23.7 Å². The maximum Gasteiger partial charge on any atom is 0.244 e. The van der Waals surface area contributed by atoms with E-state index in [1.54, 1.807) is 24.3 Å². The number of benzene rings is 2. The summed E-state index contributed by atoms with van der Waals surface area (Å²) in [7, 11) is 0. The van der Waals surface area contributed by atoms with Crippen LogP contribution in [0.1, 0.15) is 21.7 Å². The van der Waals surface area contributed by atoms with E-state index in [9.17, 15) is 19.1 Å². The number of hydrogen-bond donors (Lipinski definition) is 1. The van der Waals surface area contributed by atoms with Crippen LogP contribution in [0, 0.1) is 5.82 Å². The molecule has 27 heavy (non-hydrogen) atoms. The summed E-state index contributed by atoms with van der Waals surface area (Å²) in [6, 6.07) is 15.1. The number of carboxylic acid groups (broad SMARTS) is 1. The Hall–Kier alpha value is -3.74. The van der Waals surface area contributed by atoms with E-state index in [0.29, 0.717) is 22.6 Å². The summed E-state index contributed by atoms with van der Waals surface area (Å²) >= 11 is 0. The van der Waals surface area contributed by atoms with Crippen LogP contribution in [0.3, 0.4) is 0 Å². The molecule has 1 aromatic heterocycles. The highest BCUT2D eigenvalue weighted by Crippen LogP contribution is 2.21. The van der Waals surface area contributed by atoms with Crippen LogP contribution in [0.25, 0.3) is 11.3 Å².